The number of rotatable bonds is 5. The first-order valence-corrected chi connectivity index (χ1v) is 9.88. The number of hydrogen-bond donors (Lipinski definition) is 0. The number of amides is 1. The predicted molar refractivity (Wildman–Crippen MR) is 109 cm³/mol. The standard InChI is InChI=1S/C21H18ClF4N3O3/c22-16-11-15(21(24,25)26)12-27-20(16)29-9-7-28(8-10-29)18(30)13-32-19(31)6-5-14-3-1-2-4-17(14)23/h1-6,11-12H,7-10,13H2/b6-5+. The van der Waals surface area contributed by atoms with Crippen LogP contribution in [0.1, 0.15) is 11.1 Å². The number of benzene rings is 1. The monoisotopic (exact) mass is 471 g/mol. The highest BCUT2D eigenvalue weighted by molar-refractivity contribution is 6.33. The van der Waals surface area contributed by atoms with E-state index in [1.54, 1.807) is 11.0 Å². The highest BCUT2D eigenvalue weighted by atomic mass is 35.5. The molecule has 1 aliphatic heterocycles. The first-order chi connectivity index (χ1) is 15.1. The maximum atomic E-state index is 13.5. The normalized spacial score (nSPS) is 14.7. The fourth-order valence-electron chi connectivity index (χ4n) is 3.03. The Bertz CT molecular complexity index is 1020. The molecule has 1 aromatic heterocycles. The number of nitrogens with zero attached hydrogens (tertiary/aromatic N) is 3. The van der Waals surface area contributed by atoms with E-state index in [1.807, 2.05) is 0 Å². The zero-order chi connectivity index (χ0) is 23.3. The molecule has 0 aliphatic carbocycles. The second-order valence-corrected chi connectivity index (χ2v) is 7.26. The average molecular weight is 472 g/mol. The maximum absolute atomic E-state index is 13.5. The smallest absolute Gasteiger partial charge is 0.417 e. The van der Waals surface area contributed by atoms with Crippen molar-refractivity contribution in [3.63, 3.8) is 0 Å². The molecule has 0 saturated carbocycles. The third-order valence-corrected chi connectivity index (χ3v) is 5.00. The molecule has 0 atom stereocenters. The second kappa shape index (κ2) is 9.99. The molecule has 0 spiro atoms. The minimum absolute atomic E-state index is 0.129. The predicted octanol–water partition coefficient (Wildman–Crippen LogP) is 3.80. The number of piperazine rings is 1. The van der Waals surface area contributed by atoms with E-state index in [2.05, 4.69) is 4.98 Å². The van der Waals surface area contributed by atoms with E-state index in [4.69, 9.17) is 16.3 Å². The SMILES string of the molecule is O=C(/C=C/c1ccccc1F)OCC(=O)N1CCN(c2ncc(C(F)(F)F)cc2Cl)CC1. The van der Waals surface area contributed by atoms with Crippen LogP contribution in [0.3, 0.4) is 0 Å². The van der Waals surface area contributed by atoms with Crippen molar-refractivity contribution in [2.75, 3.05) is 37.7 Å². The molecule has 0 radical (unpaired) electrons. The van der Waals surface area contributed by atoms with E-state index >= 15 is 0 Å². The van der Waals surface area contributed by atoms with Crippen LogP contribution in [-0.4, -0.2) is 54.5 Å². The quantitative estimate of drug-likeness (QED) is 0.377. The van der Waals surface area contributed by atoms with Gasteiger partial charge in [0, 0.05) is 44.0 Å². The molecule has 1 aliphatic rings. The van der Waals surface area contributed by atoms with Gasteiger partial charge in [-0.15, -0.1) is 0 Å². The summed E-state index contributed by atoms with van der Waals surface area (Å²) in [5, 5.41) is -0.129. The number of alkyl halides is 3. The Labute approximate surface area is 186 Å². The van der Waals surface area contributed by atoms with Gasteiger partial charge in [-0.25, -0.2) is 14.2 Å². The van der Waals surface area contributed by atoms with Gasteiger partial charge in [0.15, 0.2) is 6.61 Å². The summed E-state index contributed by atoms with van der Waals surface area (Å²) in [5.74, 6) is -1.51. The lowest BCUT2D eigenvalue weighted by Crippen LogP contribution is -2.50. The first-order valence-electron chi connectivity index (χ1n) is 9.50. The van der Waals surface area contributed by atoms with Crippen LogP contribution in [-0.2, 0) is 20.5 Å². The summed E-state index contributed by atoms with van der Waals surface area (Å²) in [6, 6.07) is 6.69. The van der Waals surface area contributed by atoms with Gasteiger partial charge in [0.2, 0.25) is 0 Å². The van der Waals surface area contributed by atoms with Crippen molar-refractivity contribution < 1.29 is 31.9 Å². The van der Waals surface area contributed by atoms with Gasteiger partial charge in [-0.1, -0.05) is 29.8 Å². The molecule has 11 heteroatoms. The van der Waals surface area contributed by atoms with Crippen molar-refractivity contribution in [3.05, 3.63) is 64.6 Å². The average Bonchev–Trinajstić information content (AvgIpc) is 2.76. The van der Waals surface area contributed by atoms with Gasteiger partial charge < -0.3 is 14.5 Å². The van der Waals surface area contributed by atoms with Crippen molar-refractivity contribution in [1.29, 1.82) is 0 Å². The molecule has 2 aromatic rings. The Kier molecular flexibility index (Phi) is 7.34. The number of ether oxygens (including phenoxy) is 1. The van der Waals surface area contributed by atoms with Gasteiger partial charge in [-0.3, -0.25) is 4.79 Å². The summed E-state index contributed by atoms with van der Waals surface area (Å²) in [7, 11) is 0. The van der Waals surface area contributed by atoms with Crippen LogP contribution >= 0.6 is 11.6 Å². The van der Waals surface area contributed by atoms with Crippen LogP contribution in [0.15, 0.2) is 42.6 Å². The summed E-state index contributed by atoms with van der Waals surface area (Å²) < 4.78 is 56.7. The molecule has 1 aromatic carbocycles. The first kappa shape index (κ1) is 23.5. The third kappa shape index (κ3) is 5.97. The van der Waals surface area contributed by atoms with Crippen LogP contribution < -0.4 is 4.90 Å². The summed E-state index contributed by atoms with van der Waals surface area (Å²) in [5.41, 5.74) is -0.728. The highest BCUT2D eigenvalue weighted by Crippen LogP contribution is 2.33. The lowest BCUT2D eigenvalue weighted by Gasteiger charge is -2.35. The molecule has 0 N–H and O–H groups in total. The van der Waals surface area contributed by atoms with Gasteiger partial charge >= 0.3 is 12.1 Å². The lowest BCUT2D eigenvalue weighted by molar-refractivity contribution is -0.148. The fraction of sp³-hybridized carbons (Fsp3) is 0.286. The Hall–Kier alpha value is -3.14. The number of halogens is 5. The van der Waals surface area contributed by atoms with Gasteiger partial charge in [-0.2, -0.15) is 13.2 Å². The van der Waals surface area contributed by atoms with E-state index < -0.39 is 36.0 Å². The van der Waals surface area contributed by atoms with Crippen molar-refractivity contribution in [1.82, 2.24) is 9.88 Å². The second-order valence-electron chi connectivity index (χ2n) is 6.86. The molecule has 1 saturated heterocycles. The van der Waals surface area contributed by atoms with E-state index in [0.717, 1.165) is 12.1 Å². The summed E-state index contributed by atoms with van der Waals surface area (Å²) >= 11 is 5.96. The molecule has 0 unspecified atom stereocenters. The number of carbonyl (C=O) groups excluding carboxylic acids is 2. The van der Waals surface area contributed by atoms with Gasteiger partial charge in [0.05, 0.1) is 10.6 Å². The fourth-order valence-corrected chi connectivity index (χ4v) is 3.31. The van der Waals surface area contributed by atoms with Crippen molar-refractivity contribution in [3.8, 4) is 0 Å². The van der Waals surface area contributed by atoms with E-state index in [9.17, 15) is 27.2 Å². The Morgan fingerprint density at radius 2 is 1.84 bits per heavy atom. The summed E-state index contributed by atoms with van der Waals surface area (Å²) in [4.78, 5) is 31.0. The number of esters is 1. The Morgan fingerprint density at radius 1 is 1.16 bits per heavy atom. The van der Waals surface area contributed by atoms with Crippen LogP contribution in [0.2, 0.25) is 5.02 Å². The molecule has 2 heterocycles. The zero-order valence-corrected chi connectivity index (χ0v) is 17.4. The van der Waals surface area contributed by atoms with Crippen molar-refractivity contribution in [2.45, 2.75) is 6.18 Å². The molecule has 3 rings (SSSR count). The van der Waals surface area contributed by atoms with Crippen LogP contribution in [0.5, 0.6) is 0 Å². The van der Waals surface area contributed by atoms with Crippen LogP contribution in [0, 0.1) is 5.82 Å². The molecule has 170 valence electrons. The highest BCUT2D eigenvalue weighted by Gasteiger charge is 2.32. The number of hydrogen-bond acceptors (Lipinski definition) is 5. The van der Waals surface area contributed by atoms with Crippen LogP contribution in [0.25, 0.3) is 6.08 Å². The van der Waals surface area contributed by atoms with Gasteiger partial charge in [0.25, 0.3) is 5.91 Å². The maximum Gasteiger partial charge on any atom is 0.417 e. The van der Waals surface area contributed by atoms with E-state index in [1.165, 1.54) is 29.2 Å². The number of anilines is 1. The van der Waals surface area contributed by atoms with Crippen molar-refractivity contribution in [2.24, 2.45) is 0 Å². The third-order valence-electron chi connectivity index (χ3n) is 4.72. The van der Waals surface area contributed by atoms with Gasteiger partial charge in [0.1, 0.15) is 11.6 Å². The molecular weight excluding hydrogens is 454 g/mol. The topological polar surface area (TPSA) is 62.7 Å². The number of carbonyl (C=O) groups is 2. The molecule has 6 nitrogen and oxygen atoms in total. The van der Waals surface area contributed by atoms with E-state index in [0.29, 0.717) is 19.3 Å². The molecular formula is C21H18ClF4N3O3. The molecule has 1 fully saturated rings. The summed E-state index contributed by atoms with van der Waals surface area (Å²) in [6.07, 6.45) is -1.54. The lowest BCUT2D eigenvalue weighted by atomic mass is 10.2. The number of pyridine rings is 1. The molecule has 0 bridgehead atoms. The van der Waals surface area contributed by atoms with Gasteiger partial charge in [-0.05, 0) is 18.2 Å². The Morgan fingerprint density at radius 3 is 2.47 bits per heavy atom. The molecule has 32 heavy (non-hydrogen) atoms. The zero-order valence-electron chi connectivity index (χ0n) is 16.6. The largest absolute Gasteiger partial charge is 0.452 e. The van der Waals surface area contributed by atoms with Crippen molar-refractivity contribution >= 4 is 35.4 Å². The van der Waals surface area contributed by atoms with E-state index in [-0.39, 0.29) is 29.5 Å². The molecule has 1 amide bonds. The number of aromatic nitrogens is 1. The summed E-state index contributed by atoms with van der Waals surface area (Å²) in [6.45, 7) is 0.608. The minimum atomic E-state index is -4.54. The Balaban J connectivity index is 1.48. The van der Waals surface area contributed by atoms with Crippen LogP contribution in [0.4, 0.5) is 23.4 Å². The minimum Gasteiger partial charge on any atom is -0.452 e.